The van der Waals surface area contributed by atoms with Crippen molar-refractivity contribution in [3.63, 3.8) is 0 Å². The summed E-state index contributed by atoms with van der Waals surface area (Å²) in [6.07, 6.45) is 0. The van der Waals surface area contributed by atoms with E-state index in [4.69, 9.17) is 0 Å². The topological polar surface area (TPSA) is 49.4 Å². The Bertz CT molecular complexity index is 5230. The number of halogens is 2. The molecule has 0 radical (unpaired) electrons. The molecule has 16 aromatic rings. The van der Waals surface area contributed by atoms with Crippen LogP contribution < -0.4 is 10.2 Å². The number of fused-ring (bicyclic) bond motifs is 4. The van der Waals surface area contributed by atoms with Crippen LogP contribution in [0.3, 0.4) is 0 Å². The Morgan fingerprint density at radius 1 is 0.250 bits per heavy atom. The zero-order valence-corrected chi connectivity index (χ0v) is 56.3. The molecule has 0 saturated heterocycles. The molecule has 0 aliphatic heterocycles. The third-order valence-electron chi connectivity index (χ3n) is 17.2. The fourth-order valence-electron chi connectivity index (χ4n) is 12.9. The average Bonchev–Trinajstić information content (AvgIpc) is 0.771. The van der Waals surface area contributed by atoms with E-state index in [1.54, 1.807) is 12.1 Å². The Kier molecular flexibility index (Phi) is 19.7. The van der Waals surface area contributed by atoms with Gasteiger partial charge in [0, 0.05) is 32.7 Å². The molecule has 1 N–H and O–H groups in total. The maximum absolute atomic E-state index is 14.2. The van der Waals surface area contributed by atoms with E-state index in [0.29, 0.717) is 11.1 Å². The summed E-state index contributed by atoms with van der Waals surface area (Å²) >= 11 is 3.56. The van der Waals surface area contributed by atoms with Crippen LogP contribution in [0.5, 0.6) is 0 Å². The normalized spacial score (nSPS) is 10.8. The van der Waals surface area contributed by atoms with Gasteiger partial charge in [0.05, 0.1) is 0 Å². The highest BCUT2D eigenvalue weighted by Crippen LogP contribution is 2.46. The predicted molar refractivity (Wildman–Crippen MR) is 419 cm³/mol. The average molecular weight is 1410 g/mol. The molecule has 0 saturated carbocycles. The zero-order valence-electron chi connectivity index (χ0n) is 52.3. The quantitative estimate of drug-likeness (QED) is 0.104. The molecule has 0 bridgehead atoms. The van der Waals surface area contributed by atoms with Gasteiger partial charge in [-0.25, -0.2) is 0 Å². The van der Waals surface area contributed by atoms with Gasteiger partial charge < -0.3 is 5.32 Å². The first-order chi connectivity index (χ1) is 46.9. The lowest BCUT2D eigenvalue weighted by molar-refractivity contribution is 0.0996. The van der Waals surface area contributed by atoms with E-state index >= 15 is 0 Å². The van der Waals surface area contributed by atoms with Gasteiger partial charge in [0.15, 0.2) is 0 Å². The summed E-state index contributed by atoms with van der Waals surface area (Å²) in [6, 6.07) is 128. The predicted octanol–water partition coefficient (Wildman–Crippen LogP) is 25.3. The summed E-state index contributed by atoms with van der Waals surface area (Å²) in [5, 5.41) is 12.9. The lowest BCUT2D eigenvalue weighted by Gasteiger charge is -2.24. The standard InChI is InChI=1S/C45H31NO.C26H17Br.C19H15NO.HI/c47-45(35-19-8-3-9-20-35)46(38-22-14-21-36(31-38)32-15-4-1-5-16-32)37-29-27-34(28-30-37)44-41-25-12-10-23-39(41)43(33-17-6-2-7-18-33)40-24-11-13-26-42(40)44;27-20-16-14-19(15-17-20)26-23-12-6-4-10-21(23)25(18-8-2-1-3-9-18)22-11-5-7-13-24(22)26;21-19(16-10-5-2-6-11-16)20-18-13-7-12-17(14-18)15-8-3-1-4-9-15;/h1-31H;1-17H;1-14H,(H,20,21);1H. The van der Waals surface area contributed by atoms with Crippen molar-refractivity contribution in [3.8, 4) is 66.8 Å². The van der Waals surface area contributed by atoms with Crippen LogP contribution in [0.2, 0.25) is 0 Å². The summed E-state index contributed by atoms with van der Waals surface area (Å²) in [5.74, 6) is -0.174. The highest BCUT2D eigenvalue weighted by atomic mass is 127. The Morgan fingerprint density at radius 3 is 0.927 bits per heavy atom. The number of carbonyl (C=O) groups excluding carboxylic acids is 2. The van der Waals surface area contributed by atoms with Crippen molar-refractivity contribution in [1.29, 1.82) is 0 Å². The summed E-state index contributed by atoms with van der Waals surface area (Å²) in [7, 11) is 0. The van der Waals surface area contributed by atoms with Crippen molar-refractivity contribution in [2.75, 3.05) is 10.2 Å². The number of amides is 2. The number of hydrogen-bond acceptors (Lipinski definition) is 2. The van der Waals surface area contributed by atoms with Gasteiger partial charge in [0.25, 0.3) is 11.8 Å². The molecule has 0 fully saturated rings. The van der Waals surface area contributed by atoms with Gasteiger partial charge in [0.2, 0.25) is 0 Å². The minimum atomic E-state index is -0.0965. The molecule has 0 unspecified atom stereocenters. The first-order valence-corrected chi connectivity index (χ1v) is 32.6. The van der Waals surface area contributed by atoms with Gasteiger partial charge in [-0.2, -0.15) is 0 Å². The SMILES string of the molecule is Brc1ccc(-c2c3ccccc3c(-c3ccccc3)c3ccccc23)cc1.I.O=C(Nc1cccc(-c2ccccc2)c1)c1ccccc1.O=C(c1ccccc1)N(c1ccc(-c2c3ccccc3c(-c3ccccc3)c3ccccc23)cc1)c1cccc(-c2ccccc2)c1. The van der Waals surface area contributed by atoms with E-state index in [1.165, 1.54) is 82.0 Å². The number of carbonyl (C=O) groups is 2. The molecule has 6 heteroatoms. The van der Waals surface area contributed by atoms with Crippen molar-refractivity contribution in [2.24, 2.45) is 0 Å². The molecule has 16 aromatic carbocycles. The van der Waals surface area contributed by atoms with Gasteiger partial charge >= 0.3 is 0 Å². The molecule has 0 aromatic heterocycles. The molecule has 96 heavy (non-hydrogen) atoms. The van der Waals surface area contributed by atoms with Crippen LogP contribution in [0, 0.1) is 0 Å². The van der Waals surface area contributed by atoms with Crippen molar-refractivity contribution in [1.82, 2.24) is 0 Å². The first kappa shape index (κ1) is 63.5. The van der Waals surface area contributed by atoms with E-state index in [2.05, 4.69) is 264 Å². The largest absolute Gasteiger partial charge is 0.322 e. The van der Waals surface area contributed by atoms with Gasteiger partial charge in [-0.3, -0.25) is 14.5 Å². The Balaban J connectivity index is 0.000000143. The second-order valence-corrected chi connectivity index (χ2v) is 24.1. The van der Waals surface area contributed by atoms with Gasteiger partial charge in [-0.15, -0.1) is 24.0 Å². The van der Waals surface area contributed by atoms with E-state index in [0.717, 1.165) is 49.4 Å². The van der Waals surface area contributed by atoms with Crippen LogP contribution >= 0.6 is 39.9 Å². The monoisotopic (exact) mass is 1410 g/mol. The fraction of sp³-hybridized carbons (Fsp3) is 0. The number of benzene rings is 16. The van der Waals surface area contributed by atoms with Gasteiger partial charge in [-0.05, 0) is 183 Å². The summed E-state index contributed by atoms with van der Waals surface area (Å²) in [5.41, 5.74) is 17.9. The van der Waals surface area contributed by atoms with Gasteiger partial charge in [0.1, 0.15) is 0 Å². The van der Waals surface area contributed by atoms with E-state index < -0.39 is 0 Å². The molecule has 0 spiro atoms. The Hall–Kier alpha value is -11.3. The third-order valence-corrected chi connectivity index (χ3v) is 17.8. The molecule has 460 valence electrons. The molecular weight excluding hydrogens is 1350 g/mol. The first-order valence-electron chi connectivity index (χ1n) is 31.8. The second-order valence-electron chi connectivity index (χ2n) is 23.2. The van der Waals surface area contributed by atoms with Crippen LogP contribution in [-0.2, 0) is 0 Å². The molecule has 0 heterocycles. The number of anilines is 3. The highest BCUT2D eigenvalue weighted by molar-refractivity contribution is 14.0. The van der Waals surface area contributed by atoms with Crippen molar-refractivity contribution >= 4 is 112 Å². The zero-order chi connectivity index (χ0) is 64.3. The lowest BCUT2D eigenvalue weighted by Crippen LogP contribution is -2.25. The lowest BCUT2D eigenvalue weighted by atomic mass is 9.86. The molecule has 0 aliphatic carbocycles. The van der Waals surface area contributed by atoms with Crippen molar-refractivity contribution < 1.29 is 9.59 Å². The van der Waals surface area contributed by atoms with E-state index in [-0.39, 0.29) is 35.8 Å². The van der Waals surface area contributed by atoms with Crippen LogP contribution in [0.4, 0.5) is 17.1 Å². The van der Waals surface area contributed by atoms with Crippen LogP contribution in [0.15, 0.2) is 381 Å². The van der Waals surface area contributed by atoms with Crippen LogP contribution in [-0.4, -0.2) is 11.8 Å². The maximum Gasteiger partial charge on any atom is 0.262 e. The molecule has 4 nitrogen and oxygen atoms in total. The molecular formula is C90H64BrIN2O2. The van der Waals surface area contributed by atoms with Crippen LogP contribution in [0.1, 0.15) is 20.7 Å². The highest BCUT2D eigenvalue weighted by Gasteiger charge is 2.23. The molecule has 2 amide bonds. The van der Waals surface area contributed by atoms with Gasteiger partial charge in [-0.1, -0.05) is 319 Å². The summed E-state index contributed by atoms with van der Waals surface area (Å²) in [4.78, 5) is 28.2. The summed E-state index contributed by atoms with van der Waals surface area (Å²) < 4.78 is 1.10. The number of rotatable bonds is 11. The number of hydrogen-bond donors (Lipinski definition) is 1. The second kappa shape index (κ2) is 29.8. The molecule has 16 rings (SSSR count). The fourth-order valence-corrected chi connectivity index (χ4v) is 13.1. The number of nitrogens with zero attached hydrogens (tertiary/aromatic N) is 1. The Morgan fingerprint density at radius 2 is 0.542 bits per heavy atom. The summed E-state index contributed by atoms with van der Waals surface area (Å²) in [6.45, 7) is 0. The Labute approximate surface area is 585 Å². The number of nitrogens with one attached hydrogen (secondary N) is 1. The van der Waals surface area contributed by atoms with Crippen LogP contribution in [0.25, 0.3) is 110 Å². The van der Waals surface area contributed by atoms with Crippen molar-refractivity contribution in [2.45, 2.75) is 0 Å². The van der Waals surface area contributed by atoms with E-state index in [1.807, 2.05) is 126 Å². The minimum absolute atomic E-state index is 0. The van der Waals surface area contributed by atoms with E-state index in [9.17, 15) is 9.59 Å². The molecule has 0 atom stereocenters. The smallest absolute Gasteiger partial charge is 0.262 e. The van der Waals surface area contributed by atoms with Crippen molar-refractivity contribution in [3.05, 3.63) is 392 Å². The maximum atomic E-state index is 14.2. The third kappa shape index (κ3) is 13.7. The minimum Gasteiger partial charge on any atom is -0.322 e. The molecule has 0 aliphatic rings.